The van der Waals surface area contributed by atoms with Gasteiger partial charge in [0.2, 0.25) is 0 Å². The van der Waals surface area contributed by atoms with Crippen LogP contribution in [0.2, 0.25) is 5.15 Å². The number of nitriles is 1. The number of pyridine rings is 1. The zero-order chi connectivity index (χ0) is 15.6. The minimum atomic E-state index is -3.75. The SMILES string of the molecule is Cc1cc(S(=O)(=O)N(C)c2cccc(C#N)c2)cnc1Cl. The first kappa shape index (κ1) is 15.3. The molecule has 0 bridgehead atoms. The predicted octanol–water partition coefficient (Wildman–Crippen LogP) is 2.74. The van der Waals surface area contributed by atoms with E-state index in [1.165, 1.54) is 25.4 Å². The van der Waals surface area contributed by atoms with Crippen LogP contribution in [-0.2, 0) is 10.0 Å². The normalized spacial score (nSPS) is 11.0. The molecule has 5 nitrogen and oxygen atoms in total. The fraction of sp³-hybridized carbons (Fsp3) is 0.143. The Morgan fingerprint density at radius 3 is 2.67 bits per heavy atom. The summed E-state index contributed by atoms with van der Waals surface area (Å²) in [6, 6.07) is 9.81. The highest BCUT2D eigenvalue weighted by Crippen LogP contribution is 2.24. The minimum absolute atomic E-state index is 0.0502. The molecule has 0 aliphatic rings. The molecular weight excluding hydrogens is 310 g/mol. The number of hydrogen-bond acceptors (Lipinski definition) is 4. The van der Waals surface area contributed by atoms with Gasteiger partial charge in [-0.15, -0.1) is 0 Å². The van der Waals surface area contributed by atoms with Gasteiger partial charge in [0.1, 0.15) is 10.0 Å². The molecular formula is C14H12ClN3O2S. The summed E-state index contributed by atoms with van der Waals surface area (Å²) in [5.41, 5.74) is 1.37. The van der Waals surface area contributed by atoms with Gasteiger partial charge in [0.15, 0.2) is 0 Å². The molecule has 0 atom stereocenters. The van der Waals surface area contributed by atoms with Gasteiger partial charge in [0, 0.05) is 13.2 Å². The van der Waals surface area contributed by atoms with Crippen molar-refractivity contribution in [3.05, 3.63) is 52.8 Å². The van der Waals surface area contributed by atoms with Crippen molar-refractivity contribution in [2.24, 2.45) is 0 Å². The Kier molecular flexibility index (Phi) is 4.16. The largest absolute Gasteiger partial charge is 0.269 e. The second-order valence-electron chi connectivity index (χ2n) is 4.41. The molecule has 0 fully saturated rings. The van der Waals surface area contributed by atoms with Gasteiger partial charge in [-0.1, -0.05) is 17.7 Å². The van der Waals surface area contributed by atoms with Crippen LogP contribution in [0.5, 0.6) is 0 Å². The molecule has 108 valence electrons. The van der Waals surface area contributed by atoms with E-state index in [0.717, 1.165) is 4.31 Å². The molecule has 1 aromatic carbocycles. The van der Waals surface area contributed by atoms with Gasteiger partial charge in [-0.05, 0) is 36.8 Å². The van der Waals surface area contributed by atoms with Crippen LogP contribution in [0.25, 0.3) is 0 Å². The van der Waals surface area contributed by atoms with Gasteiger partial charge in [0.05, 0.1) is 17.3 Å². The van der Waals surface area contributed by atoms with Crippen molar-refractivity contribution >= 4 is 27.3 Å². The van der Waals surface area contributed by atoms with E-state index in [2.05, 4.69) is 4.98 Å². The molecule has 0 radical (unpaired) electrons. The molecule has 0 saturated heterocycles. The lowest BCUT2D eigenvalue weighted by Gasteiger charge is -2.19. The van der Waals surface area contributed by atoms with E-state index in [-0.39, 0.29) is 10.0 Å². The maximum atomic E-state index is 12.6. The second-order valence-corrected chi connectivity index (χ2v) is 6.74. The highest BCUT2D eigenvalue weighted by Gasteiger charge is 2.22. The third-order valence-corrected chi connectivity index (χ3v) is 5.13. The van der Waals surface area contributed by atoms with Crippen LogP contribution in [0.1, 0.15) is 11.1 Å². The lowest BCUT2D eigenvalue weighted by Crippen LogP contribution is -2.26. The summed E-state index contributed by atoms with van der Waals surface area (Å²) in [4.78, 5) is 3.91. The molecule has 2 rings (SSSR count). The lowest BCUT2D eigenvalue weighted by molar-refractivity contribution is 0.594. The van der Waals surface area contributed by atoms with Gasteiger partial charge >= 0.3 is 0 Å². The second kappa shape index (κ2) is 5.72. The molecule has 7 heteroatoms. The number of anilines is 1. The van der Waals surface area contributed by atoms with Gasteiger partial charge in [0.25, 0.3) is 10.0 Å². The molecule has 1 heterocycles. The van der Waals surface area contributed by atoms with Crippen LogP contribution in [0.3, 0.4) is 0 Å². The number of rotatable bonds is 3. The predicted molar refractivity (Wildman–Crippen MR) is 80.7 cm³/mol. The van der Waals surface area contributed by atoms with Gasteiger partial charge in [-0.25, -0.2) is 13.4 Å². The molecule has 0 N–H and O–H groups in total. The van der Waals surface area contributed by atoms with Crippen LogP contribution in [0.4, 0.5) is 5.69 Å². The van der Waals surface area contributed by atoms with Crippen molar-refractivity contribution in [2.45, 2.75) is 11.8 Å². The Morgan fingerprint density at radius 1 is 1.33 bits per heavy atom. The third-order valence-electron chi connectivity index (χ3n) is 2.99. The molecule has 0 amide bonds. The van der Waals surface area contributed by atoms with Crippen LogP contribution in [0.15, 0.2) is 41.4 Å². The summed E-state index contributed by atoms with van der Waals surface area (Å²) in [5.74, 6) is 0. The zero-order valence-electron chi connectivity index (χ0n) is 11.4. The number of aromatic nitrogens is 1. The Balaban J connectivity index is 2.47. The Hall–Kier alpha value is -2.10. The molecule has 21 heavy (non-hydrogen) atoms. The first-order valence-electron chi connectivity index (χ1n) is 5.97. The molecule has 1 aromatic heterocycles. The maximum Gasteiger partial charge on any atom is 0.265 e. The summed E-state index contributed by atoms with van der Waals surface area (Å²) < 4.78 is 26.2. The van der Waals surface area contributed by atoms with Crippen LogP contribution in [0, 0.1) is 18.3 Å². The number of hydrogen-bond donors (Lipinski definition) is 0. The lowest BCUT2D eigenvalue weighted by atomic mass is 10.2. The molecule has 0 saturated carbocycles. The number of aryl methyl sites for hydroxylation is 1. The van der Waals surface area contributed by atoms with Crippen LogP contribution < -0.4 is 4.31 Å². The quantitative estimate of drug-likeness (QED) is 0.815. The number of nitrogens with zero attached hydrogens (tertiary/aromatic N) is 3. The van der Waals surface area contributed by atoms with Crippen molar-refractivity contribution in [1.29, 1.82) is 5.26 Å². The van der Waals surface area contributed by atoms with Gasteiger partial charge in [-0.3, -0.25) is 4.31 Å². The molecule has 2 aromatic rings. The number of halogens is 1. The highest BCUT2D eigenvalue weighted by molar-refractivity contribution is 7.92. The summed E-state index contributed by atoms with van der Waals surface area (Å²) in [6.07, 6.45) is 1.22. The fourth-order valence-corrected chi connectivity index (χ4v) is 3.06. The fourth-order valence-electron chi connectivity index (χ4n) is 1.74. The van der Waals surface area contributed by atoms with Gasteiger partial charge < -0.3 is 0 Å². The first-order valence-corrected chi connectivity index (χ1v) is 7.79. The molecule has 0 spiro atoms. The summed E-state index contributed by atoms with van der Waals surface area (Å²) in [6.45, 7) is 1.69. The van der Waals surface area contributed by atoms with Crippen LogP contribution in [-0.4, -0.2) is 20.4 Å². The van der Waals surface area contributed by atoms with E-state index in [0.29, 0.717) is 16.8 Å². The minimum Gasteiger partial charge on any atom is -0.269 e. The van der Waals surface area contributed by atoms with E-state index < -0.39 is 10.0 Å². The standard InChI is InChI=1S/C14H12ClN3O2S/c1-10-6-13(9-17-14(10)15)21(19,20)18(2)12-5-3-4-11(7-12)8-16/h3-7,9H,1-2H3. The molecule has 0 aliphatic heterocycles. The average molecular weight is 322 g/mol. The van der Waals surface area contributed by atoms with E-state index in [1.807, 2.05) is 6.07 Å². The van der Waals surface area contributed by atoms with Crippen molar-refractivity contribution < 1.29 is 8.42 Å². The molecule has 0 unspecified atom stereocenters. The van der Waals surface area contributed by atoms with E-state index in [1.54, 1.807) is 25.1 Å². The number of benzene rings is 1. The highest BCUT2D eigenvalue weighted by atomic mass is 35.5. The van der Waals surface area contributed by atoms with Crippen molar-refractivity contribution in [1.82, 2.24) is 4.98 Å². The van der Waals surface area contributed by atoms with E-state index >= 15 is 0 Å². The van der Waals surface area contributed by atoms with E-state index in [4.69, 9.17) is 16.9 Å². The number of sulfonamides is 1. The van der Waals surface area contributed by atoms with E-state index in [9.17, 15) is 8.42 Å². The monoisotopic (exact) mass is 321 g/mol. The summed E-state index contributed by atoms with van der Waals surface area (Å²) in [5, 5.41) is 9.15. The Bertz CT molecular complexity index is 828. The topological polar surface area (TPSA) is 74.1 Å². The van der Waals surface area contributed by atoms with Crippen LogP contribution >= 0.6 is 11.6 Å². The van der Waals surface area contributed by atoms with Crippen molar-refractivity contribution in [3.8, 4) is 6.07 Å². The third kappa shape index (κ3) is 2.99. The van der Waals surface area contributed by atoms with Crippen molar-refractivity contribution in [3.63, 3.8) is 0 Å². The molecule has 0 aliphatic carbocycles. The zero-order valence-corrected chi connectivity index (χ0v) is 13.0. The summed E-state index contributed by atoms with van der Waals surface area (Å²) in [7, 11) is -2.33. The Labute approximate surface area is 128 Å². The average Bonchev–Trinajstić information content (AvgIpc) is 2.49. The van der Waals surface area contributed by atoms with Gasteiger partial charge in [-0.2, -0.15) is 5.26 Å². The first-order chi connectivity index (χ1) is 9.86. The maximum absolute atomic E-state index is 12.6. The smallest absolute Gasteiger partial charge is 0.265 e. The van der Waals surface area contributed by atoms with Crippen molar-refractivity contribution in [2.75, 3.05) is 11.4 Å². The Morgan fingerprint density at radius 2 is 2.05 bits per heavy atom. The summed E-state index contributed by atoms with van der Waals surface area (Å²) >= 11 is 5.81.